The molecule has 0 aliphatic heterocycles. The second kappa shape index (κ2) is 2.37. The Hall–Kier alpha value is -0.900. The van der Waals surface area contributed by atoms with Gasteiger partial charge in [-0.2, -0.15) is 0 Å². The number of rotatable bonds is 1. The van der Waals surface area contributed by atoms with E-state index in [0.29, 0.717) is 6.42 Å². The molecule has 0 aromatic carbocycles. The van der Waals surface area contributed by atoms with Gasteiger partial charge in [0.15, 0.2) is 5.78 Å². The molecule has 4 nitrogen and oxygen atoms in total. The van der Waals surface area contributed by atoms with Crippen molar-refractivity contribution in [2.45, 2.75) is 32.3 Å². The average molecular weight is 198 g/mol. The summed E-state index contributed by atoms with van der Waals surface area (Å²) in [6.45, 7) is 3.85. The Bertz CT molecular complexity index is 320. The molecule has 3 fully saturated rings. The Labute approximate surface area is 81.9 Å². The van der Waals surface area contributed by atoms with Gasteiger partial charge in [0, 0.05) is 12.3 Å². The Morgan fingerprint density at radius 3 is 2.43 bits per heavy atom. The minimum Gasteiger partial charge on any atom is -0.479 e. The SMILES string of the molecule is CC1(C)[C@@H]2CC(=O)[C@](O)(C(=O)O)[C@H]1C2. The third kappa shape index (κ3) is 0.823. The van der Waals surface area contributed by atoms with Crippen LogP contribution in [0.2, 0.25) is 0 Å². The van der Waals surface area contributed by atoms with E-state index in [0.717, 1.165) is 0 Å². The van der Waals surface area contributed by atoms with Gasteiger partial charge in [-0.3, -0.25) is 4.79 Å². The highest BCUT2D eigenvalue weighted by atomic mass is 16.4. The van der Waals surface area contributed by atoms with Crippen molar-refractivity contribution in [2.24, 2.45) is 17.3 Å². The number of carbonyl (C=O) groups is 2. The predicted octanol–water partition coefficient (Wildman–Crippen LogP) is 0.437. The molecule has 0 heterocycles. The fourth-order valence-corrected chi connectivity index (χ4v) is 2.91. The van der Waals surface area contributed by atoms with Crippen molar-refractivity contribution >= 4 is 11.8 Å². The summed E-state index contributed by atoms with van der Waals surface area (Å²) in [5, 5.41) is 18.8. The van der Waals surface area contributed by atoms with Gasteiger partial charge in [-0.25, -0.2) is 4.79 Å². The summed E-state index contributed by atoms with van der Waals surface area (Å²) in [7, 11) is 0. The smallest absolute Gasteiger partial charge is 0.343 e. The molecule has 3 aliphatic rings. The fourth-order valence-electron chi connectivity index (χ4n) is 2.91. The van der Waals surface area contributed by atoms with E-state index in [4.69, 9.17) is 5.11 Å². The monoisotopic (exact) mass is 198 g/mol. The maximum absolute atomic E-state index is 11.5. The number of Topliss-reactive ketones (excluding diaryl/α,β-unsaturated/α-hetero) is 1. The average Bonchev–Trinajstić information content (AvgIpc) is 2.08. The number of aliphatic hydroxyl groups is 1. The summed E-state index contributed by atoms with van der Waals surface area (Å²) in [6, 6.07) is 0. The zero-order valence-electron chi connectivity index (χ0n) is 8.28. The highest BCUT2D eigenvalue weighted by molar-refractivity contribution is 6.08. The Kier molecular flexibility index (Phi) is 1.63. The van der Waals surface area contributed by atoms with Crippen LogP contribution >= 0.6 is 0 Å². The lowest BCUT2D eigenvalue weighted by atomic mass is 9.43. The Morgan fingerprint density at radius 2 is 2.07 bits per heavy atom. The minimum absolute atomic E-state index is 0.201. The van der Waals surface area contributed by atoms with Crippen molar-refractivity contribution < 1.29 is 19.8 Å². The molecule has 3 saturated carbocycles. The van der Waals surface area contributed by atoms with E-state index in [-0.39, 0.29) is 17.8 Å². The third-order valence-corrected chi connectivity index (χ3v) is 4.16. The van der Waals surface area contributed by atoms with Crippen molar-refractivity contribution in [3.63, 3.8) is 0 Å². The number of carboxylic acid groups (broad SMARTS) is 1. The first kappa shape index (κ1) is 9.65. The zero-order valence-corrected chi connectivity index (χ0v) is 8.28. The summed E-state index contributed by atoms with van der Waals surface area (Å²) in [6.07, 6.45) is 0.855. The second-order valence-electron chi connectivity index (χ2n) is 5.01. The van der Waals surface area contributed by atoms with Crippen LogP contribution in [0.4, 0.5) is 0 Å². The number of carboxylic acids is 1. The van der Waals surface area contributed by atoms with Gasteiger partial charge in [-0.05, 0) is 17.8 Å². The number of aliphatic carboxylic acids is 1. The lowest BCUT2D eigenvalue weighted by Crippen LogP contribution is -2.69. The molecule has 0 aromatic heterocycles. The highest BCUT2D eigenvalue weighted by Crippen LogP contribution is 2.61. The van der Waals surface area contributed by atoms with Crippen LogP contribution in [0.1, 0.15) is 26.7 Å². The van der Waals surface area contributed by atoms with Gasteiger partial charge in [-0.1, -0.05) is 13.8 Å². The Morgan fingerprint density at radius 1 is 1.50 bits per heavy atom. The number of hydrogen-bond acceptors (Lipinski definition) is 3. The maximum atomic E-state index is 11.5. The van der Waals surface area contributed by atoms with Crippen LogP contribution in [-0.2, 0) is 9.59 Å². The molecule has 0 amide bonds. The minimum atomic E-state index is -2.13. The summed E-state index contributed by atoms with van der Waals surface area (Å²) in [5.41, 5.74) is -2.35. The van der Waals surface area contributed by atoms with Crippen molar-refractivity contribution in [3.8, 4) is 0 Å². The quantitative estimate of drug-likeness (QED) is 0.599. The standard InChI is InChI=1S/C10H14O4/c1-9(2)5-3-6(9)10(14,8(12)13)7(11)4-5/h5-6,14H,3-4H2,1-2H3,(H,12,13)/t5-,6-,10-/m0/s1. The molecule has 0 unspecified atom stereocenters. The molecule has 4 heteroatoms. The lowest BCUT2D eigenvalue weighted by Gasteiger charge is -2.60. The van der Waals surface area contributed by atoms with Crippen LogP contribution in [-0.4, -0.2) is 27.6 Å². The van der Waals surface area contributed by atoms with Gasteiger partial charge in [0.25, 0.3) is 0 Å². The molecular formula is C10H14O4. The Balaban J connectivity index is 2.41. The number of carbonyl (C=O) groups excluding carboxylic acids is 1. The van der Waals surface area contributed by atoms with Crippen LogP contribution in [0.5, 0.6) is 0 Å². The van der Waals surface area contributed by atoms with Crippen molar-refractivity contribution in [2.75, 3.05) is 0 Å². The molecule has 3 rings (SSSR count). The molecule has 0 spiro atoms. The highest BCUT2D eigenvalue weighted by Gasteiger charge is 2.68. The second-order valence-corrected chi connectivity index (χ2v) is 5.01. The van der Waals surface area contributed by atoms with Crippen LogP contribution < -0.4 is 0 Å². The normalized spacial score (nSPS) is 44.4. The van der Waals surface area contributed by atoms with Gasteiger partial charge in [0.2, 0.25) is 5.60 Å². The first-order valence-electron chi connectivity index (χ1n) is 4.80. The molecule has 3 aliphatic carbocycles. The van der Waals surface area contributed by atoms with E-state index < -0.39 is 23.3 Å². The van der Waals surface area contributed by atoms with Gasteiger partial charge in [0.05, 0.1) is 0 Å². The molecule has 2 bridgehead atoms. The van der Waals surface area contributed by atoms with E-state index in [1.54, 1.807) is 0 Å². The van der Waals surface area contributed by atoms with E-state index >= 15 is 0 Å². The van der Waals surface area contributed by atoms with Gasteiger partial charge in [0.1, 0.15) is 0 Å². The van der Waals surface area contributed by atoms with Crippen LogP contribution in [0, 0.1) is 17.3 Å². The lowest BCUT2D eigenvalue weighted by molar-refractivity contribution is -0.212. The molecule has 14 heavy (non-hydrogen) atoms. The van der Waals surface area contributed by atoms with Crippen LogP contribution in [0.15, 0.2) is 0 Å². The molecule has 78 valence electrons. The van der Waals surface area contributed by atoms with Gasteiger partial charge >= 0.3 is 5.97 Å². The van der Waals surface area contributed by atoms with Crippen molar-refractivity contribution in [1.29, 1.82) is 0 Å². The molecule has 0 radical (unpaired) electrons. The summed E-state index contributed by atoms with van der Waals surface area (Å²) >= 11 is 0. The number of hydrogen-bond donors (Lipinski definition) is 2. The summed E-state index contributed by atoms with van der Waals surface area (Å²) in [5.74, 6) is -2.08. The first-order valence-corrected chi connectivity index (χ1v) is 4.80. The van der Waals surface area contributed by atoms with E-state index in [1.165, 1.54) is 0 Å². The van der Waals surface area contributed by atoms with E-state index in [1.807, 2.05) is 13.8 Å². The summed E-state index contributed by atoms with van der Waals surface area (Å²) < 4.78 is 0. The number of fused-ring (bicyclic) bond motifs is 2. The van der Waals surface area contributed by atoms with Gasteiger partial charge in [-0.15, -0.1) is 0 Å². The largest absolute Gasteiger partial charge is 0.479 e. The third-order valence-electron chi connectivity index (χ3n) is 4.16. The number of ketones is 1. The van der Waals surface area contributed by atoms with Crippen LogP contribution in [0.25, 0.3) is 0 Å². The zero-order chi connectivity index (χ0) is 10.7. The van der Waals surface area contributed by atoms with E-state index in [9.17, 15) is 14.7 Å². The van der Waals surface area contributed by atoms with Crippen molar-refractivity contribution in [1.82, 2.24) is 0 Å². The van der Waals surface area contributed by atoms with Gasteiger partial charge < -0.3 is 10.2 Å². The molecule has 0 aromatic rings. The maximum Gasteiger partial charge on any atom is 0.343 e. The topological polar surface area (TPSA) is 74.6 Å². The molecule has 3 atom stereocenters. The molecule has 2 N–H and O–H groups in total. The fraction of sp³-hybridized carbons (Fsp3) is 0.800. The summed E-state index contributed by atoms with van der Waals surface area (Å²) in [4.78, 5) is 22.4. The first-order chi connectivity index (χ1) is 6.31. The van der Waals surface area contributed by atoms with E-state index in [2.05, 4.69) is 0 Å². The predicted molar refractivity (Wildman–Crippen MR) is 47.6 cm³/mol. The molecular weight excluding hydrogens is 184 g/mol. The molecule has 0 saturated heterocycles. The van der Waals surface area contributed by atoms with Crippen LogP contribution in [0.3, 0.4) is 0 Å². The van der Waals surface area contributed by atoms with Crippen molar-refractivity contribution in [3.05, 3.63) is 0 Å².